The Bertz CT molecular complexity index is 403. The van der Waals surface area contributed by atoms with Crippen molar-refractivity contribution in [1.82, 2.24) is 0 Å². The summed E-state index contributed by atoms with van der Waals surface area (Å²) < 4.78 is 4.78. The van der Waals surface area contributed by atoms with Crippen LogP contribution < -0.4 is 0 Å². The minimum Gasteiger partial charge on any atom is -0.466 e. The van der Waals surface area contributed by atoms with Crippen LogP contribution in [0.25, 0.3) is 0 Å². The third-order valence-corrected chi connectivity index (χ3v) is 2.32. The molecule has 0 bridgehead atoms. The van der Waals surface area contributed by atoms with Crippen molar-refractivity contribution >= 4 is 11.7 Å². The van der Waals surface area contributed by atoms with E-state index < -0.39 is 4.92 Å². The highest BCUT2D eigenvalue weighted by Crippen LogP contribution is 2.19. The smallest absolute Gasteiger partial charge is 0.305 e. The number of carbonyl (C=O) groups is 1. The van der Waals surface area contributed by atoms with Crippen LogP contribution in [0.5, 0.6) is 0 Å². The van der Waals surface area contributed by atoms with Crippen molar-refractivity contribution in [3.8, 4) is 0 Å². The van der Waals surface area contributed by atoms with E-state index in [1.165, 1.54) is 6.07 Å². The summed E-state index contributed by atoms with van der Waals surface area (Å²) in [6.45, 7) is 2.12. The second kappa shape index (κ2) is 6.62. The highest BCUT2D eigenvalue weighted by atomic mass is 16.6. The average molecular weight is 237 g/mol. The Hall–Kier alpha value is -1.91. The van der Waals surface area contributed by atoms with E-state index >= 15 is 0 Å². The maximum atomic E-state index is 11.1. The van der Waals surface area contributed by atoms with Crippen LogP contribution in [-0.2, 0) is 16.0 Å². The molecule has 1 aromatic rings. The van der Waals surface area contributed by atoms with E-state index in [-0.39, 0.29) is 11.7 Å². The summed E-state index contributed by atoms with van der Waals surface area (Å²) in [4.78, 5) is 21.4. The summed E-state index contributed by atoms with van der Waals surface area (Å²) in [6, 6.07) is 6.57. The summed E-state index contributed by atoms with van der Waals surface area (Å²) in [5.41, 5.74) is 0.762. The third-order valence-electron chi connectivity index (χ3n) is 2.32. The van der Waals surface area contributed by atoms with Gasteiger partial charge in [0.2, 0.25) is 0 Å². The highest BCUT2D eigenvalue weighted by Gasteiger charge is 2.12. The number of para-hydroxylation sites is 1. The van der Waals surface area contributed by atoms with Crippen LogP contribution in [-0.4, -0.2) is 17.5 Å². The predicted molar refractivity (Wildman–Crippen MR) is 62.7 cm³/mol. The van der Waals surface area contributed by atoms with Gasteiger partial charge in [-0.15, -0.1) is 0 Å². The molecule has 0 unspecified atom stereocenters. The van der Waals surface area contributed by atoms with Gasteiger partial charge in [0, 0.05) is 18.1 Å². The van der Waals surface area contributed by atoms with Gasteiger partial charge in [0.05, 0.1) is 11.5 Å². The molecule has 0 amide bonds. The molecule has 0 spiro atoms. The van der Waals surface area contributed by atoms with Crippen molar-refractivity contribution < 1.29 is 14.5 Å². The predicted octanol–water partition coefficient (Wildman–Crippen LogP) is 2.48. The molecule has 0 aliphatic heterocycles. The highest BCUT2D eigenvalue weighted by molar-refractivity contribution is 5.69. The van der Waals surface area contributed by atoms with E-state index in [4.69, 9.17) is 4.74 Å². The summed E-state index contributed by atoms with van der Waals surface area (Å²) in [7, 11) is 0. The molecule has 5 nitrogen and oxygen atoms in total. The Morgan fingerprint density at radius 1 is 1.41 bits per heavy atom. The summed E-state index contributed by atoms with van der Waals surface area (Å²) >= 11 is 0. The first-order chi connectivity index (χ1) is 8.15. The number of nitro groups is 1. The zero-order chi connectivity index (χ0) is 12.7. The first-order valence-corrected chi connectivity index (χ1v) is 5.53. The van der Waals surface area contributed by atoms with Crippen molar-refractivity contribution in [2.75, 3.05) is 6.61 Å². The van der Waals surface area contributed by atoms with Crippen molar-refractivity contribution in [2.45, 2.75) is 26.2 Å². The van der Waals surface area contributed by atoms with Gasteiger partial charge in [-0.3, -0.25) is 14.9 Å². The number of nitro benzene ring substituents is 1. The Morgan fingerprint density at radius 3 is 2.76 bits per heavy atom. The van der Waals surface area contributed by atoms with Crippen molar-refractivity contribution in [2.24, 2.45) is 0 Å². The Kier molecular flexibility index (Phi) is 5.13. The molecular formula is C12H15NO4. The van der Waals surface area contributed by atoms with Crippen LogP contribution in [0.1, 0.15) is 25.3 Å². The molecular weight excluding hydrogens is 222 g/mol. The lowest BCUT2D eigenvalue weighted by atomic mass is 10.1. The van der Waals surface area contributed by atoms with Crippen molar-refractivity contribution in [3.63, 3.8) is 0 Å². The number of benzene rings is 1. The molecule has 0 atom stereocenters. The van der Waals surface area contributed by atoms with Gasteiger partial charge in [0.1, 0.15) is 0 Å². The molecule has 0 fully saturated rings. The van der Waals surface area contributed by atoms with Gasteiger partial charge in [-0.2, -0.15) is 0 Å². The lowest BCUT2D eigenvalue weighted by Crippen LogP contribution is -2.04. The molecule has 1 aromatic carbocycles. The van der Waals surface area contributed by atoms with E-state index in [0.29, 0.717) is 31.4 Å². The van der Waals surface area contributed by atoms with Gasteiger partial charge in [0.15, 0.2) is 0 Å². The normalized spacial score (nSPS) is 9.94. The number of hydrogen-bond donors (Lipinski definition) is 0. The van der Waals surface area contributed by atoms with Crippen molar-refractivity contribution in [1.29, 1.82) is 0 Å². The van der Waals surface area contributed by atoms with Crippen LogP contribution in [0.15, 0.2) is 24.3 Å². The molecule has 0 radical (unpaired) electrons. The topological polar surface area (TPSA) is 69.4 Å². The molecule has 1 rings (SSSR count). The Balaban J connectivity index is 2.52. The fraction of sp³-hybridized carbons (Fsp3) is 0.417. The van der Waals surface area contributed by atoms with Gasteiger partial charge in [0.25, 0.3) is 5.69 Å². The monoisotopic (exact) mass is 237 g/mol. The number of aryl methyl sites for hydroxylation is 1. The number of ether oxygens (including phenoxy) is 1. The molecule has 0 saturated heterocycles. The second-order valence-corrected chi connectivity index (χ2v) is 3.54. The van der Waals surface area contributed by atoms with Gasteiger partial charge in [-0.1, -0.05) is 18.2 Å². The van der Waals surface area contributed by atoms with Crippen LogP contribution in [0.4, 0.5) is 5.69 Å². The van der Waals surface area contributed by atoms with E-state index in [1.807, 2.05) is 0 Å². The molecule has 17 heavy (non-hydrogen) atoms. The quantitative estimate of drug-likeness (QED) is 0.433. The first kappa shape index (κ1) is 13.2. The van der Waals surface area contributed by atoms with Crippen molar-refractivity contribution in [3.05, 3.63) is 39.9 Å². The number of esters is 1. The zero-order valence-corrected chi connectivity index (χ0v) is 9.72. The Labute approximate surface area is 99.5 Å². The van der Waals surface area contributed by atoms with Gasteiger partial charge >= 0.3 is 5.97 Å². The van der Waals surface area contributed by atoms with Crippen LogP contribution in [0, 0.1) is 10.1 Å². The number of hydrogen-bond acceptors (Lipinski definition) is 4. The first-order valence-electron chi connectivity index (χ1n) is 5.53. The van der Waals surface area contributed by atoms with E-state index in [1.54, 1.807) is 25.1 Å². The molecule has 0 aromatic heterocycles. The summed E-state index contributed by atoms with van der Waals surface area (Å²) in [5, 5.41) is 10.7. The summed E-state index contributed by atoms with van der Waals surface area (Å²) in [5.74, 6) is -0.258. The number of carbonyl (C=O) groups excluding carboxylic acids is 1. The second-order valence-electron chi connectivity index (χ2n) is 3.54. The van der Waals surface area contributed by atoms with E-state index in [2.05, 4.69) is 0 Å². The van der Waals surface area contributed by atoms with Crippen LogP contribution >= 0.6 is 0 Å². The molecule has 0 aliphatic rings. The van der Waals surface area contributed by atoms with Gasteiger partial charge in [-0.25, -0.2) is 0 Å². The minimum atomic E-state index is -0.403. The Morgan fingerprint density at radius 2 is 2.12 bits per heavy atom. The fourth-order valence-electron chi connectivity index (χ4n) is 1.56. The maximum absolute atomic E-state index is 11.1. The lowest BCUT2D eigenvalue weighted by molar-refractivity contribution is -0.385. The third kappa shape index (κ3) is 4.22. The standard InChI is InChI=1S/C12H15NO4/c1-2-17-12(14)9-5-7-10-6-3-4-8-11(10)13(15)16/h3-4,6,8H,2,5,7,9H2,1H3. The number of rotatable bonds is 6. The molecule has 5 heteroatoms. The molecule has 0 saturated carbocycles. The molecule has 92 valence electrons. The molecule has 0 heterocycles. The molecule has 0 N–H and O–H groups in total. The van der Waals surface area contributed by atoms with Crippen LogP contribution in [0.2, 0.25) is 0 Å². The maximum Gasteiger partial charge on any atom is 0.305 e. The fourth-order valence-corrected chi connectivity index (χ4v) is 1.56. The minimum absolute atomic E-state index is 0.108. The lowest BCUT2D eigenvalue weighted by Gasteiger charge is -2.03. The zero-order valence-electron chi connectivity index (χ0n) is 9.72. The SMILES string of the molecule is CCOC(=O)CCCc1ccccc1[N+](=O)[O-]. The van der Waals surface area contributed by atoms with Gasteiger partial charge in [-0.05, 0) is 19.8 Å². The summed E-state index contributed by atoms with van der Waals surface area (Å²) in [6.07, 6.45) is 1.36. The number of nitrogens with zero attached hydrogens (tertiary/aromatic N) is 1. The largest absolute Gasteiger partial charge is 0.466 e. The molecule has 0 aliphatic carbocycles. The van der Waals surface area contributed by atoms with E-state index in [9.17, 15) is 14.9 Å². The average Bonchev–Trinajstić information content (AvgIpc) is 2.30. The van der Waals surface area contributed by atoms with Crippen LogP contribution in [0.3, 0.4) is 0 Å². The van der Waals surface area contributed by atoms with E-state index in [0.717, 1.165) is 0 Å². The van der Waals surface area contributed by atoms with Gasteiger partial charge < -0.3 is 4.74 Å².